The van der Waals surface area contributed by atoms with Crippen molar-refractivity contribution in [2.24, 2.45) is 11.8 Å². The van der Waals surface area contributed by atoms with Gasteiger partial charge in [0, 0.05) is 24.7 Å². The lowest BCUT2D eigenvalue weighted by Gasteiger charge is -2.22. The first-order valence-electron chi connectivity index (χ1n) is 10.5. The quantitative estimate of drug-likeness (QED) is 0.320. The number of thiocarbonyl (C=S) groups is 1. The van der Waals surface area contributed by atoms with Gasteiger partial charge in [0.2, 0.25) is 10.0 Å². The Morgan fingerprint density at radius 2 is 1.73 bits per heavy atom. The average Bonchev–Trinajstić information content (AvgIpc) is 3.35. The van der Waals surface area contributed by atoms with Gasteiger partial charge in [0.1, 0.15) is 0 Å². The Labute approximate surface area is 184 Å². The van der Waals surface area contributed by atoms with E-state index in [1.807, 2.05) is 13.8 Å². The van der Waals surface area contributed by atoms with Gasteiger partial charge >= 0.3 is 0 Å². The van der Waals surface area contributed by atoms with Crippen molar-refractivity contribution in [2.75, 3.05) is 13.1 Å². The Hall–Kier alpha value is -1.97. The minimum Gasteiger partial charge on any atom is -0.358 e. The van der Waals surface area contributed by atoms with Crippen molar-refractivity contribution in [2.45, 2.75) is 50.5 Å². The lowest BCUT2D eigenvalue weighted by Crippen LogP contribution is -2.50. The summed E-state index contributed by atoms with van der Waals surface area (Å²) in [6, 6.07) is 6.27. The maximum Gasteiger partial charge on any atom is 0.269 e. The van der Waals surface area contributed by atoms with Gasteiger partial charge in [-0.3, -0.25) is 15.6 Å². The third-order valence-corrected chi connectivity index (χ3v) is 7.72. The molecule has 7 nitrogen and oxygen atoms in total. The van der Waals surface area contributed by atoms with Crippen LogP contribution in [-0.4, -0.2) is 42.9 Å². The summed E-state index contributed by atoms with van der Waals surface area (Å²) in [4.78, 5) is 12.6. The summed E-state index contributed by atoms with van der Waals surface area (Å²) in [5.41, 5.74) is 5.65. The maximum atomic E-state index is 12.8. The standard InChI is InChI=1S/C21H30N4O3S2/c1-3-11-25(12-4-2)30(27,28)18-9-7-16(8-10-18)20(26)23-24-21(29)22-19-14-15-5-6-17(19)13-15/h5-10,15,17,19H,3-4,11-14H2,1-2H3,(H,23,26)(H2,22,24,29)/t15-,17-,19-/m1/s1. The van der Waals surface area contributed by atoms with Crippen molar-refractivity contribution in [3.05, 3.63) is 42.0 Å². The monoisotopic (exact) mass is 450 g/mol. The van der Waals surface area contributed by atoms with E-state index in [1.54, 1.807) is 0 Å². The molecule has 1 fully saturated rings. The molecule has 0 heterocycles. The smallest absolute Gasteiger partial charge is 0.269 e. The first kappa shape index (κ1) is 22.7. The van der Waals surface area contributed by atoms with Crippen LogP contribution in [0.3, 0.4) is 0 Å². The van der Waals surface area contributed by atoms with Gasteiger partial charge in [-0.1, -0.05) is 26.0 Å². The molecule has 0 spiro atoms. The molecule has 2 bridgehead atoms. The van der Waals surface area contributed by atoms with E-state index in [0.29, 0.717) is 41.6 Å². The molecule has 3 rings (SSSR count). The highest BCUT2D eigenvalue weighted by molar-refractivity contribution is 7.89. The van der Waals surface area contributed by atoms with E-state index in [0.717, 1.165) is 25.7 Å². The Morgan fingerprint density at radius 3 is 2.27 bits per heavy atom. The van der Waals surface area contributed by atoms with Gasteiger partial charge in [-0.25, -0.2) is 8.42 Å². The van der Waals surface area contributed by atoms with Gasteiger partial charge in [-0.15, -0.1) is 0 Å². The zero-order valence-corrected chi connectivity index (χ0v) is 19.1. The number of hydrogen-bond donors (Lipinski definition) is 3. The Kier molecular flexibility index (Phi) is 7.49. The van der Waals surface area contributed by atoms with Crippen LogP contribution in [0.1, 0.15) is 49.9 Å². The summed E-state index contributed by atoms with van der Waals surface area (Å²) in [5, 5.41) is 3.63. The number of benzene rings is 1. The number of nitrogens with zero attached hydrogens (tertiary/aromatic N) is 1. The topological polar surface area (TPSA) is 90.5 Å². The van der Waals surface area contributed by atoms with Gasteiger partial charge in [0.15, 0.2) is 5.11 Å². The zero-order chi connectivity index (χ0) is 21.7. The third kappa shape index (κ3) is 5.19. The molecule has 1 saturated carbocycles. The SMILES string of the molecule is CCCN(CCC)S(=O)(=O)c1ccc(C(=O)NNC(=S)N[C@@H]2C[C@@H]3C=C[C@@H]2C3)cc1. The number of amides is 1. The highest BCUT2D eigenvalue weighted by Crippen LogP contribution is 2.38. The molecule has 2 aliphatic carbocycles. The molecule has 0 unspecified atom stereocenters. The molecule has 3 N–H and O–H groups in total. The Morgan fingerprint density at radius 1 is 1.07 bits per heavy atom. The number of carbonyl (C=O) groups excluding carboxylic acids is 1. The van der Waals surface area contributed by atoms with Crippen molar-refractivity contribution in [1.29, 1.82) is 0 Å². The van der Waals surface area contributed by atoms with E-state index in [-0.39, 0.29) is 10.8 Å². The molecule has 0 radical (unpaired) electrons. The second-order valence-electron chi connectivity index (χ2n) is 7.87. The molecule has 1 aromatic rings. The molecular formula is C21H30N4O3S2. The number of hydrazine groups is 1. The molecule has 0 saturated heterocycles. The lowest BCUT2D eigenvalue weighted by atomic mass is 10.0. The average molecular weight is 451 g/mol. The molecule has 2 aliphatic rings. The fraction of sp³-hybridized carbons (Fsp3) is 0.524. The van der Waals surface area contributed by atoms with Crippen LogP contribution in [0.2, 0.25) is 0 Å². The lowest BCUT2D eigenvalue weighted by molar-refractivity contribution is 0.0943. The molecule has 1 aromatic carbocycles. The Bertz CT molecular complexity index is 893. The summed E-state index contributed by atoms with van der Waals surface area (Å²) in [7, 11) is -3.56. The van der Waals surface area contributed by atoms with E-state index in [9.17, 15) is 13.2 Å². The first-order chi connectivity index (χ1) is 14.3. The summed E-state index contributed by atoms with van der Waals surface area (Å²) >= 11 is 5.28. The number of fused-ring (bicyclic) bond motifs is 2. The number of allylic oxidation sites excluding steroid dienone is 1. The van der Waals surface area contributed by atoms with Crippen LogP contribution < -0.4 is 16.2 Å². The van der Waals surface area contributed by atoms with Crippen LogP contribution in [0, 0.1) is 11.8 Å². The van der Waals surface area contributed by atoms with Crippen molar-refractivity contribution in [1.82, 2.24) is 20.5 Å². The van der Waals surface area contributed by atoms with E-state index >= 15 is 0 Å². The Balaban J connectivity index is 1.54. The second-order valence-corrected chi connectivity index (χ2v) is 10.2. The normalized spacial score (nSPS) is 22.3. The first-order valence-corrected chi connectivity index (χ1v) is 12.3. The predicted molar refractivity (Wildman–Crippen MR) is 121 cm³/mol. The number of sulfonamides is 1. The predicted octanol–water partition coefficient (Wildman–Crippen LogP) is 2.57. The second kappa shape index (κ2) is 9.89. The summed E-state index contributed by atoms with van der Waals surface area (Å²) in [6.07, 6.45) is 8.20. The fourth-order valence-corrected chi connectivity index (χ4v) is 5.94. The summed E-state index contributed by atoms with van der Waals surface area (Å²) in [6.45, 7) is 4.86. The largest absolute Gasteiger partial charge is 0.358 e. The van der Waals surface area contributed by atoms with Gasteiger partial charge in [0.25, 0.3) is 5.91 Å². The van der Waals surface area contributed by atoms with Crippen molar-refractivity contribution in [3.8, 4) is 0 Å². The van der Waals surface area contributed by atoms with Gasteiger partial charge < -0.3 is 5.32 Å². The zero-order valence-electron chi connectivity index (χ0n) is 17.4. The van der Waals surface area contributed by atoms with E-state index in [1.165, 1.54) is 28.6 Å². The number of carbonyl (C=O) groups is 1. The minimum atomic E-state index is -3.56. The van der Waals surface area contributed by atoms with Crippen molar-refractivity contribution < 1.29 is 13.2 Å². The molecule has 9 heteroatoms. The summed E-state index contributed by atoms with van der Waals surface area (Å²) in [5.74, 6) is 0.750. The minimum absolute atomic E-state index is 0.190. The van der Waals surface area contributed by atoms with Crippen LogP contribution in [0.25, 0.3) is 0 Å². The molecule has 0 aromatic heterocycles. The molecule has 1 amide bonds. The van der Waals surface area contributed by atoms with E-state index < -0.39 is 10.0 Å². The van der Waals surface area contributed by atoms with Gasteiger partial charge in [-0.05, 0) is 74.0 Å². The van der Waals surface area contributed by atoms with Gasteiger partial charge in [-0.2, -0.15) is 4.31 Å². The number of nitrogens with one attached hydrogen (secondary N) is 3. The number of rotatable bonds is 8. The van der Waals surface area contributed by atoms with Crippen molar-refractivity contribution >= 4 is 33.3 Å². The molecule has 3 atom stereocenters. The highest BCUT2D eigenvalue weighted by atomic mass is 32.2. The van der Waals surface area contributed by atoms with E-state index in [4.69, 9.17) is 12.2 Å². The molecular weight excluding hydrogens is 420 g/mol. The van der Waals surface area contributed by atoms with Crippen LogP contribution >= 0.6 is 12.2 Å². The highest BCUT2D eigenvalue weighted by Gasteiger charge is 2.35. The van der Waals surface area contributed by atoms with Crippen molar-refractivity contribution in [3.63, 3.8) is 0 Å². The van der Waals surface area contributed by atoms with E-state index in [2.05, 4.69) is 28.3 Å². The van der Waals surface area contributed by atoms with Crippen LogP contribution in [0.4, 0.5) is 0 Å². The molecule has 0 aliphatic heterocycles. The summed E-state index contributed by atoms with van der Waals surface area (Å²) < 4.78 is 27.1. The molecule has 30 heavy (non-hydrogen) atoms. The number of hydrogen-bond acceptors (Lipinski definition) is 4. The van der Waals surface area contributed by atoms with Gasteiger partial charge in [0.05, 0.1) is 4.90 Å². The fourth-order valence-electron chi connectivity index (χ4n) is 4.12. The van der Waals surface area contributed by atoms with Crippen LogP contribution in [-0.2, 0) is 10.0 Å². The third-order valence-electron chi connectivity index (χ3n) is 5.59. The van der Waals surface area contributed by atoms with Crippen LogP contribution in [0.5, 0.6) is 0 Å². The molecule has 164 valence electrons. The maximum absolute atomic E-state index is 12.8. The van der Waals surface area contributed by atoms with Crippen LogP contribution in [0.15, 0.2) is 41.3 Å².